The van der Waals surface area contributed by atoms with Crippen molar-refractivity contribution in [2.45, 2.75) is 13.5 Å². The van der Waals surface area contributed by atoms with Crippen LogP contribution in [0.5, 0.6) is 0 Å². The lowest BCUT2D eigenvalue weighted by atomic mass is 10.2. The van der Waals surface area contributed by atoms with E-state index in [1.165, 1.54) is 6.20 Å². The summed E-state index contributed by atoms with van der Waals surface area (Å²) in [6.07, 6.45) is 1.47. The van der Waals surface area contributed by atoms with Gasteiger partial charge in [0.15, 0.2) is 0 Å². The zero-order valence-corrected chi connectivity index (χ0v) is 11.0. The lowest BCUT2D eigenvalue weighted by Gasteiger charge is -2.03. The Morgan fingerprint density at radius 2 is 2.32 bits per heavy atom. The molecule has 1 amide bonds. The number of carbonyl (C=O) groups is 1. The second kappa shape index (κ2) is 5.57. The fourth-order valence-corrected chi connectivity index (χ4v) is 1.56. The normalized spacial score (nSPS) is 10.2. The van der Waals surface area contributed by atoms with Crippen LogP contribution in [0.4, 0.5) is 0 Å². The topological polar surface area (TPSA) is 94.0 Å². The number of hydrogen-bond acceptors (Lipinski definition) is 5. The number of amides is 1. The third kappa shape index (κ3) is 3.35. The van der Waals surface area contributed by atoms with Gasteiger partial charge < -0.3 is 15.6 Å². The van der Waals surface area contributed by atoms with E-state index in [9.17, 15) is 4.79 Å². The molecule has 0 saturated carbocycles. The lowest BCUT2D eigenvalue weighted by Crippen LogP contribution is -2.24. The summed E-state index contributed by atoms with van der Waals surface area (Å²) in [6.45, 7) is 2.07. The largest absolute Gasteiger partial charge is 0.389 e. The van der Waals surface area contributed by atoms with E-state index in [0.29, 0.717) is 22.7 Å². The summed E-state index contributed by atoms with van der Waals surface area (Å²) in [5, 5.41) is 6.46. The number of thiocarbonyl (C=S) groups is 1. The lowest BCUT2D eigenvalue weighted by molar-refractivity contribution is 0.0945. The van der Waals surface area contributed by atoms with Crippen LogP contribution in [-0.2, 0) is 6.54 Å². The van der Waals surface area contributed by atoms with E-state index >= 15 is 0 Å². The smallest absolute Gasteiger partial charge is 0.270 e. The number of nitrogens with two attached hydrogens (primary N) is 1. The third-order valence-electron chi connectivity index (χ3n) is 2.39. The number of carbonyl (C=O) groups excluding carboxylic acids is 1. The number of pyridine rings is 1. The SMILES string of the molecule is Cc1cc(CNC(=O)c2ccc(C(N)=S)cn2)no1. The molecule has 2 heterocycles. The number of nitrogens with one attached hydrogen (secondary N) is 1. The van der Waals surface area contributed by atoms with E-state index in [1.807, 2.05) is 0 Å². The maximum Gasteiger partial charge on any atom is 0.270 e. The van der Waals surface area contributed by atoms with Crippen LogP contribution in [0, 0.1) is 6.92 Å². The Morgan fingerprint density at radius 3 is 2.84 bits per heavy atom. The molecule has 0 aromatic carbocycles. The summed E-state index contributed by atoms with van der Waals surface area (Å²) in [7, 11) is 0. The minimum Gasteiger partial charge on any atom is -0.389 e. The molecule has 2 aromatic rings. The number of nitrogens with zero attached hydrogens (tertiary/aromatic N) is 2. The summed E-state index contributed by atoms with van der Waals surface area (Å²) in [5.74, 6) is 0.401. The van der Waals surface area contributed by atoms with Crippen LogP contribution in [0.2, 0.25) is 0 Å². The maximum absolute atomic E-state index is 11.8. The highest BCUT2D eigenvalue weighted by molar-refractivity contribution is 7.80. The van der Waals surface area contributed by atoms with Crippen molar-refractivity contribution in [2.24, 2.45) is 5.73 Å². The van der Waals surface area contributed by atoms with Gasteiger partial charge in [0.05, 0.1) is 6.54 Å². The fourth-order valence-electron chi connectivity index (χ4n) is 1.44. The first-order chi connectivity index (χ1) is 9.06. The molecule has 0 aliphatic carbocycles. The Kier molecular flexibility index (Phi) is 3.86. The first-order valence-electron chi connectivity index (χ1n) is 5.52. The summed E-state index contributed by atoms with van der Waals surface area (Å²) in [6, 6.07) is 4.98. The second-order valence-electron chi connectivity index (χ2n) is 3.91. The van der Waals surface area contributed by atoms with Crippen LogP contribution in [0.15, 0.2) is 28.9 Å². The Labute approximate surface area is 115 Å². The van der Waals surface area contributed by atoms with E-state index in [2.05, 4.69) is 15.5 Å². The van der Waals surface area contributed by atoms with Gasteiger partial charge in [-0.25, -0.2) is 0 Å². The van der Waals surface area contributed by atoms with Crippen molar-refractivity contribution in [2.75, 3.05) is 0 Å². The van der Waals surface area contributed by atoms with Crippen LogP contribution < -0.4 is 11.1 Å². The molecule has 0 aliphatic heterocycles. The van der Waals surface area contributed by atoms with Crippen LogP contribution >= 0.6 is 12.2 Å². The molecule has 19 heavy (non-hydrogen) atoms. The second-order valence-corrected chi connectivity index (χ2v) is 4.35. The molecular weight excluding hydrogens is 264 g/mol. The molecule has 6 nitrogen and oxygen atoms in total. The number of aryl methyl sites for hydroxylation is 1. The third-order valence-corrected chi connectivity index (χ3v) is 2.62. The zero-order valence-electron chi connectivity index (χ0n) is 10.2. The van der Waals surface area contributed by atoms with E-state index < -0.39 is 0 Å². The van der Waals surface area contributed by atoms with Crippen molar-refractivity contribution in [1.82, 2.24) is 15.5 Å². The van der Waals surface area contributed by atoms with Gasteiger partial charge in [0.1, 0.15) is 22.1 Å². The van der Waals surface area contributed by atoms with Crippen molar-refractivity contribution in [3.63, 3.8) is 0 Å². The van der Waals surface area contributed by atoms with Gasteiger partial charge in [0, 0.05) is 17.8 Å². The van der Waals surface area contributed by atoms with Gasteiger partial charge in [-0.2, -0.15) is 0 Å². The van der Waals surface area contributed by atoms with Crippen molar-refractivity contribution >= 4 is 23.1 Å². The van der Waals surface area contributed by atoms with E-state index in [0.717, 1.165) is 0 Å². The monoisotopic (exact) mass is 276 g/mol. The number of rotatable bonds is 4. The van der Waals surface area contributed by atoms with Crippen LogP contribution in [-0.4, -0.2) is 21.0 Å². The molecule has 0 radical (unpaired) electrons. The molecule has 2 aromatic heterocycles. The Morgan fingerprint density at radius 1 is 1.53 bits per heavy atom. The Bertz CT molecular complexity index is 606. The molecule has 7 heteroatoms. The Hall–Kier alpha value is -2.28. The highest BCUT2D eigenvalue weighted by Gasteiger charge is 2.08. The van der Waals surface area contributed by atoms with Crippen molar-refractivity contribution in [1.29, 1.82) is 0 Å². The van der Waals surface area contributed by atoms with Gasteiger partial charge in [0.25, 0.3) is 5.91 Å². The molecule has 0 fully saturated rings. The quantitative estimate of drug-likeness (QED) is 0.807. The standard InChI is InChI=1S/C12H12N4O2S/c1-7-4-9(16-18-7)6-15-12(17)10-3-2-8(5-14-10)11(13)19/h2-5H,6H2,1H3,(H2,13,19)(H,15,17). The number of hydrogen-bond donors (Lipinski definition) is 2. The van der Waals surface area contributed by atoms with Gasteiger partial charge >= 0.3 is 0 Å². The van der Waals surface area contributed by atoms with E-state index in [4.69, 9.17) is 22.5 Å². The average Bonchev–Trinajstić information content (AvgIpc) is 2.82. The molecule has 2 rings (SSSR count). The average molecular weight is 276 g/mol. The molecular formula is C12H12N4O2S. The minimum atomic E-state index is -0.296. The van der Waals surface area contributed by atoms with E-state index in [1.54, 1.807) is 25.1 Å². The van der Waals surface area contributed by atoms with Crippen LogP contribution in [0.1, 0.15) is 27.5 Å². The molecule has 0 spiro atoms. The first kappa shape index (κ1) is 13.2. The van der Waals surface area contributed by atoms with Gasteiger partial charge in [-0.1, -0.05) is 17.4 Å². The predicted molar refractivity (Wildman–Crippen MR) is 72.5 cm³/mol. The van der Waals surface area contributed by atoms with Gasteiger partial charge in [-0.3, -0.25) is 9.78 Å². The minimum absolute atomic E-state index is 0.248. The van der Waals surface area contributed by atoms with E-state index in [-0.39, 0.29) is 17.4 Å². The first-order valence-corrected chi connectivity index (χ1v) is 5.93. The van der Waals surface area contributed by atoms with Crippen molar-refractivity contribution < 1.29 is 9.32 Å². The summed E-state index contributed by atoms with van der Waals surface area (Å²) >= 11 is 4.81. The van der Waals surface area contributed by atoms with Crippen molar-refractivity contribution in [3.8, 4) is 0 Å². The van der Waals surface area contributed by atoms with Crippen LogP contribution in [0.25, 0.3) is 0 Å². The molecule has 0 bridgehead atoms. The predicted octanol–water partition coefficient (Wildman–Crippen LogP) is 0.942. The molecule has 0 unspecified atom stereocenters. The summed E-state index contributed by atoms with van der Waals surface area (Å²) < 4.78 is 4.90. The Balaban J connectivity index is 1.98. The van der Waals surface area contributed by atoms with Gasteiger partial charge in [0.2, 0.25) is 0 Å². The molecule has 0 atom stereocenters. The molecule has 98 valence electrons. The zero-order chi connectivity index (χ0) is 13.8. The van der Waals surface area contributed by atoms with Crippen molar-refractivity contribution in [3.05, 3.63) is 47.1 Å². The summed E-state index contributed by atoms with van der Waals surface area (Å²) in [5.41, 5.74) is 7.02. The maximum atomic E-state index is 11.8. The van der Waals surface area contributed by atoms with Gasteiger partial charge in [-0.05, 0) is 19.1 Å². The molecule has 3 N–H and O–H groups in total. The fraction of sp³-hybridized carbons (Fsp3) is 0.167. The number of aromatic nitrogens is 2. The highest BCUT2D eigenvalue weighted by atomic mass is 32.1. The highest BCUT2D eigenvalue weighted by Crippen LogP contribution is 2.03. The molecule has 0 saturated heterocycles. The molecule has 0 aliphatic rings. The summed E-state index contributed by atoms with van der Waals surface area (Å²) in [4.78, 5) is 16.1. The van der Waals surface area contributed by atoms with Crippen LogP contribution in [0.3, 0.4) is 0 Å². The van der Waals surface area contributed by atoms with Gasteiger partial charge in [-0.15, -0.1) is 0 Å².